The Morgan fingerprint density at radius 3 is 2.52 bits per heavy atom. The molecule has 1 amide bonds. The van der Waals surface area contributed by atoms with Crippen molar-refractivity contribution in [2.75, 3.05) is 26.8 Å². The van der Waals surface area contributed by atoms with Gasteiger partial charge >= 0.3 is 6.09 Å². The fourth-order valence-corrected chi connectivity index (χ4v) is 5.47. The van der Waals surface area contributed by atoms with Crippen LogP contribution in [0.1, 0.15) is 59.8 Å². The van der Waals surface area contributed by atoms with Crippen LogP contribution in [0.15, 0.2) is 11.6 Å². The van der Waals surface area contributed by atoms with Crippen molar-refractivity contribution in [1.82, 2.24) is 4.90 Å². The lowest BCUT2D eigenvalue weighted by atomic mass is 9.68. The second-order valence-electron chi connectivity index (χ2n) is 9.97. The summed E-state index contributed by atoms with van der Waals surface area (Å²) in [4.78, 5) is 14.7. The largest absolute Gasteiger partial charge is 0.443 e. The van der Waals surface area contributed by atoms with E-state index in [1.165, 1.54) is 5.57 Å². The fourth-order valence-electron chi connectivity index (χ4n) is 5.47. The van der Waals surface area contributed by atoms with Crippen LogP contribution in [0.4, 0.5) is 4.79 Å². The van der Waals surface area contributed by atoms with Gasteiger partial charge in [-0.3, -0.25) is 0 Å². The van der Waals surface area contributed by atoms with Gasteiger partial charge in [0, 0.05) is 20.2 Å². The van der Waals surface area contributed by atoms with Gasteiger partial charge in [-0.1, -0.05) is 18.6 Å². The molecule has 6 unspecified atom stereocenters. The number of rotatable bonds is 5. The average Bonchev–Trinajstić information content (AvgIpc) is 3.59. The number of carbonyl (C=O) groups is 1. The Bertz CT molecular complexity index is 648. The lowest BCUT2D eigenvalue weighted by molar-refractivity contribution is -0.122. The van der Waals surface area contributed by atoms with Gasteiger partial charge in [0.05, 0.1) is 18.6 Å². The second-order valence-corrected chi connectivity index (χ2v) is 9.97. The number of ether oxygens (including phenoxy) is 4. The van der Waals surface area contributed by atoms with Gasteiger partial charge in [-0.2, -0.15) is 0 Å². The van der Waals surface area contributed by atoms with Gasteiger partial charge in [-0.15, -0.1) is 0 Å². The SMILES string of the molecule is COC1C(OC(=O)N2CCC(C)CC2)CCC2(CO2)C1C1(C)OC1CC=C(C)C. The van der Waals surface area contributed by atoms with Crippen molar-refractivity contribution in [2.45, 2.75) is 89.3 Å². The minimum Gasteiger partial charge on any atom is -0.443 e. The van der Waals surface area contributed by atoms with Gasteiger partial charge in [0.1, 0.15) is 23.4 Å². The van der Waals surface area contributed by atoms with Crippen LogP contribution in [0, 0.1) is 11.8 Å². The zero-order chi connectivity index (χ0) is 20.8. The maximum Gasteiger partial charge on any atom is 0.410 e. The minimum atomic E-state index is -0.297. The summed E-state index contributed by atoms with van der Waals surface area (Å²) in [5.74, 6) is 0.755. The van der Waals surface area contributed by atoms with Crippen LogP contribution in [-0.2, 0) is 18.9 Å². The molecule has 1 aliphatic carbocycles. The molecule has 1 saturated carbocycles. The first-order valence-corrected chi connectivity index (χ1v) is 11.2. The molecule has 0 bridgehead atoms. The molecule has 6 atom stereocenters. The molecular weight excluding hydrogens is 370 g/mol. The highest BCUT2D eigenvalue weighted by atomic mass is 16.6. The zero-order valence-corrected chi connectivity index (χ0v) is 18.6. The van der Waals surface area contributed by atoms with Gasteiger partial charge in [0.25, 0.3) is 0 Å². The van der Waals surface area contributed by atoms with Crippen LogP contribution in [0.2, 0.25) is 0 Å². The molecule has 3 aliphatic heterocycles. The number of likely N-dealkylation sites (tertiary alicyclic amines) is 1. The Balaban J connectivity index is 1.45. The summed E-state index contributed by atoms with van der Waals surface area (Å²) >= 11 is 0. The smallest absolute Gasteiger partial charge is 0.410 e. The fraction of sp³-hybridized carbons (Fsp3) is 0.870. The van der Waals surface area contributed by atoms with Crippen molar-refractivity contribution in [1.29, 1.82) is 0 Å². The van der Waals surface area contributed by atoms with Crippen molar-refractivity contribution in [3.05, 3.63) is 11.6 Å². The van der Waals surface area contributed by atoms with E-state index < -0.39 is 0 Å². The Kier molecular flexibility index (Phi) is 5.73. The first-order chi connectivity index (χ1) is 13.8. The van der Waals surface area contributed by atoms with Gasteiger partial charge in [-0.25, -0.2) is 4.79 Å². The molecule has 29 heavy (non-hydrogen) atoms. The van der Waals surface area contributed by atoms with E-state index >= 15 is 0 Å². The molecular formula is C23H37NO5. The van der Waals surface area contributed by atoms with E-state index in [9.17, 15) is 4.79 Å². The molecule has 6 heteroatoms. The number of allylic oxidation sites excluding steroid dienone is 1. The van der Waals surface area contributed by atoms with E-state index in [1.807, 2.05) is 4.90 Å². The second kappa shape index (κ2) is 7.86. The number of epoxide rings is 2. The van der Waals surface area contributed by atoms with E-state index in [0.29, 0.717) is 5.92 Å². The summed E-state index contributed by atoms with van der Waals surface area (Å²) in [5, 5.41) is 0. The van der Waals surface area contributed by atoms with Crippen LogP contribution >= 0.6 is 0 Å². The van der Waals surface area contributed by atoms with Gasteiger partial charge in [-0.05, 0) is 58.8 Å². The molecule has 0 aromatic carbocycles. The predicted octanol–water partition coefficient (Wildman–Crippen LogP) is 3.93. The number of nitrogens with zero attached hydrogens (tertiary/aromatic N) is 1. The molecule has 6 nitrogen and oxygen atoms in total. The average molecular weight is 408 g/mol. The monoisotopic (exact) mass is 407 g/mol. The summed E-state index contributed by atoms with van der Waals surface area (Å²) < 4.78 is 24.2. The summed E-state index contributed by atoms with van der Waals surface area (Å²) in [6.45, 7) is 11.0. The third kappa shape index (κ3) is 4.08. The van der Waals surface area contributed by atoms with E-state index in [-0.39, 0.29) is 41.5 Å². The molecule has 0 N–H and O–H groups in total. The van der Waals surface area contributed by atoms with Crippen LogP contribution in [0.25, 0.3) is 0 Å². The summed E-state index contributed by atoms with van der Waals surface area (Å²) in [5.41, 5.74) is 0.822. The van der Waals surface area contributed by atoms with E-state index in [1.54, 1.807) is 7.11 Å². The quantitative estimate of drug-likeness (QED) is 0.510. The molecule has 4 rings (SSSR count). The zero-order valence-electron chi connectivity index (χ0n) is 18.6. The Morgan fingerprint density at radius 1 is 1.24 bits per heavy atom. The van der Waals surface area contributed by atoms with Gasteiger partial charge in [0.2, 0.25) is 0 Å². The summed E-state index contributed by atoms with van der Waals surface area (Å²) in [6.07, 6.45) is 6.40. The molecule has 3 heterocycles. The van der Waals surface area contributed by atoms with Crippen LogP contribution in [0.5, 0.6) is 0 Å². The topological polar surface area (TPSA) is 63.8 Å². The van der Waals surface area contributed by atoms with E-state index in [2.05, 4.69) is 33.8 Å². The summed E-state index contributed by atoms with van der Waals surface area (Å²) in [7, 11) is 1.72. The Hall–Kier alpha value is -1.11. The highest BCUT2D eigenvalue weighted by Gasteiger charge is 2.72. The lowest BCUT2D eigenvalue weighted by Gasteiger charge is -2.43. The maximum atomic E-state index is 12.8. The standard InChI is InChI=1S/C23H37NO5/c1-15(2)6-7-18-22(4,29-18)20-19(26-5)17(8-11-23(20)14-27-23)28-21(25)24-12-9-16(3)10-13-24/h6,16-20H,7-14H2,1-5H3. The Labute approximate surface area is 174 Å². The Morgan fingerprint density at radius 2 is 1.93 bits per heavy atom. The molecule has 0 aromatic rings. The molecule has 164 valence electrons. The number of piperidine rings is 1. The molecule has 0 aromatic heterocycles. The van der Waals surface area contributed by atoms with Crippen molar-refractivity contribution < 1.29 is 23.7 Å². The first kappa shape index (κ1) is 21.1. The van der Waals surface area contributed by atoms with Crippen LogP contribution < -0.4 is 0 Å². The van der Waals surface area contributed by atoms with Crippen molar-refractivity contribution in [3.8, 4) is 0 Å². The third-order valence-electron chi connectivity index (χ3n) is 7.53. The predicted molar refractivity (Wildman–Crippen MR) is 110 cm³/mol. The lowest BCUT2D eigenvalue weighted by Crippen LogP contribution is -2.56. The van der Waals surface area contributed by atoms with E-state index in [0.717, 1.165) is 51.8 Å². The highest BCUT2D eigenvalue weighted by molar-refractivity contribution is 5.68. The van der Waals surface area contributed by atoms with Crippen LogP contribution in [0.3, 0.4) is 0 Å². The number of amides is 1. The third-order valence-corrected chi connectivity index (χ3v) is 7.53. The van der Waals surface area contributed by atoms with E-state index in [4.69, 9.17) is 18.9 Å². The summed E-state index contributed by atoms with van der Waals surface area (Å²) in [6, 6.07) is 0. The number of methoxy groups -OCH3 is 1. The van der Waals surface area contributed by atoms with Crippen molar-refractivity contribution in [2.24, 2.45) is 11.8 Å². The molecule has 3 saturated heterocycles. The number of hydrogen-bond acceptors (Lipinski definition) is 5. The van der Waals surface area contributed by atoms with Crippen molar-refractivity contribution in [3.63, 3.8) is 0 Å². The molecule has 1 spiro atoms. The number of carbonyl (C=O) groups excluding carboxylic acids is 1. The van der Waals surface area contributed by atoms with Crippen LogP contribution in [-0.4, -0.2) is 67.3 Å². The maximum absolute atomic E-state index is 12.8. The minimum absolute atomic E-state index is 0.0727. The number of hydrogen-bond donors (Lipinski definition) is 0. The van der Waals surface area contributed by atoms with Gasteiger partial charge < -0.3 is 23.8 Å². The normalized spacial score (nSPS) is 41.9. The first-order valence-electron chi connectivity index (χ1n) is 11.2. The molecule has 0 radical (unpaired) electrons. The molecule has 4 aliphatic rings. The van der Waals surface area contributed by atoms with Gasteiger partial charge in [0.15, 0.2) is 0 Å². The molecule has 4 fully saturated rings. The van der Waals surface area contributed by atoms with Crippen molar-refractivity contribution >= 4 is 6.09 Å². The highest BCUT2D eigenvalue weighted by Crippen LogP contribution is 2.59.